The first-order valence-corrected chi connectivity index (χ1v) is 10.6. The Labute approximate surface area is 171 Å². The maximum absolute atomic E-state index is 12.9. The van der Waals surface area contributed by atoms with Gasteiger partial charge < -0.3 is 10.0 Å². The van der Waals surface area contributed by atoms with Gasteiger partial charge in [-0.15, -0.1) is 11.8 Å². The number of hydrogen-bond donors (Lipinski definition) is 1. The lowest BCUT2D eigenvalue weighted by Crippen LogP contribution is -2.73. The highest BCUT2D eigenvalue weighted by atomic mass is 79.9. The fourth-order valence-corrected chi connectivity index (χ4v) is 7.01. The molecule has 1 amide bonds. The van der Waals surface area contributed by atoms with Gasteiger partial charge in [0.2, 0.25) is 5.91 Å². The Morgan fingerprint density at radius 2 is 1.56 bits per heavy atom. The molecule has 2 aliphatic heterocycles. The molecule has 0 bridgehead atoms. The van der Waals surface area contributed by atoms with Gasteiger partial charge >= 0.3 is 5.97 Å². The van der Waals surface area contributed by atoms with Crippen LogP contribution in [0.4, 0.5) is 0 Å². The molecule has 4 nitrogen and oxygen atoms in total. The maximum Gasteiger partial charge on any atom is 0.332 e. The van der Waals surface area contributed by atoms with Crippen LogP contribution in [0.2, 0.25) is 0 Å². The zero-order valence-corrected chi connectivity index (χ0v) is 17.4. The van der Waals surface area contributed by atoms with Crippen molar-refractivity contribution >= 4 is 39.6 Å². The lowest BCUT2D eigenvalue weighted by atomic mass is 9.66. The Morgan fingerprint density at radius 1 is 1.07 bits per heavy atom. The third-order valence-electron chi connectivity index (χ3n) is 5.70. The number of carboxylic acids is 1. The quantitative estimate of drug-likeness (QED) is 0.568. The van der Waals surface area contributed by atoms with Gasteiger partial charge in [-0.1, -0.05) is 76.6 Å². The van der Waals surface area contributed by atoms with Crippen LogP contribution in [0, 0.1) is 0 Å². The first-order valence-electron chi connectivity index (χ1n) is 8.80. The summed E-state index contributed by atoms with van der Waals surface area (Å²) in [5.41, 5.74) is 0.407. The maximum atomic E-state index is 12.9. The van der Waals surface area contributed by atoms with Gasteiger partial charge in [-0.25, -0.2) is 4.79 Å². The second kappa shape index (κ2) is 6.38. The van der Waals surface area contributed by atoms with Crippen LogP contribution in [-0.4, -0.2) is 42.4 Å². The van der Waals surface area contributed by atoms with Crippen LogP contribution in [0.3, 0.4) is 0 Å². The van der Waals surface area contributed by atoms with E-state index in [1.54, 1.807) is 16.7 Å². The van der Waals surface area contributed by atoms with Crippen molar-refractivity contribution in [2.75, 3.05) is 0 Å². The first-order chi connectivity index (χ1) is 12.8. The van der Waals surface area contributed by atoms with Crippen molar-refractivity contribution in [2.24, 2.45) is 0 Å². The summed E-state index contributed by atoms with van der Waals surface area (Å²) in [5.74, 6) is -1.60. The zero-order valence-electron chi connectivity index (χ0n) is 15.0. The highest BCUT2D eigenvalue weighted by Crippen LogP contribution is 2.63. The molecule has 0 spiro atoms. The third-order valence-corrected chi connectivity index (χ3v) is 8.57. The molecule has 2 aromatic carbocycles. The molecule has 0 aromatic heterocycles. The number of nitrogens with zero attached hydrogens (tertiary/aromatic N) is 1. The van der Waals surface area contributed by atoms with Crippen LogP contribution in [0.5, 0.6) is 0 Å². The zero-order chi connectivity index (χ0) is 19.4. The minimum absolute atomic E-state index is 0.155. The molecule has 4 rings (SSSR count). The van der Waals surface area contributed by atoms with E-state index in [0.717, 1.165) is 11.1 Å². The summed E-state index contributed by atoms with van der Waals surface area (Å²) in [6.45, 7) is 3.88. The molecular formula is C21H20BrNO3S. The number of β-lactam (4-membered cyclic amide) rings is 1. The molecule has 2 aliphatic rings. The summed E-state index contributed by atoms with van der Waals surface area (Å²) in [4.78, 5) is 27.0. The van der Waals surface area contributed by atoms with Gasteiger partial charge in [0.25, 0.3) is 0 Å². The van der Waals surface area contributed by atoms with E-state index < -0.39 is 22.2 Å². The fourth-order valence-electron chi connectivity index (χ4n) is 4.53. The second-order valence-corrected chi connectivity index (χ2v) is 10.2. The van der Waals surface area contributed by atoms with Crippen molar-refractivity contribution in [2.45, 2.75) is 40.3 Å². The summed E-state index contributed by atoms with van der Waals surface area (Å²) in [5, 5.41) is 10.4. The summed E-state index contributed by atoms with van der Waals surface area (Å²) in [7, 11) is 0. The minimum Gasteiger partial charge on any atom is -0.479 e. The molecule has 0 aliphatic carbocycles. The molecule has 2 heterocycles. The van der Waals surface area contributed by atoms with Crippen LogP contribution in [0.1, 0.15) is 30.9 Å². The van der Waals surface area contributed by atoms with E-state index in [1.165, 1.54) is 0 Å². The smallest absolute Gasteiger partial charge is 0.332 e. The molecular weight excluding hydrogens is 426 g/mol. The van der Waals surface area contributed by atoms with Gasteiger partial charge in [0.15, 0.2) is 5.54 Å². The van der Waals surface area contributed by atoms with Crippen molar-refractivity contribution in [1.29, 1.82) is 0 Å². The molecule has 1 N–H and O–H groups in total. The Balaban J connectivity index is 2.01. The normalized spacial score (nSPS) is 28.7. The van der Waals surface area contributed by atoms with E-state index >= 15 is 0 Å². The van der Waals surface area contributed by atoms with Gasteiger partial charge in [0, 0.05) is 10.7 Å². The molecule has 0 radical (unpaired) electrons. The van der Waals surface area contributed by atoms with E-state index in [0.29, 0.717) is 0 Å². The van der Waals surface area contributed by atoms with Crippen molar-refractivity contribution < 1.29 is 14.7 Å². The average molecular weight is 446 g/mol. The highest BCUT2D eigenvalue weighted by molar-refractivity contribution is 9.10. The molecule has 3 atom stereocenters. The predicted octanol–water partition coefficient (Wildman–Crippen LogP) is 4.10. The van der Waals surface area contributed by atoms with E-state index in [1.807, 2.05) is 74.5 Å². The minimum atomic E-state index is -1.38. The number of fused-ring (bicyclic) bond motifs is 1. The van der Waals surface area contributed by atoms with E-state index in [4.69, 9.17) is 0 Å². The van der Waals surface area contributed by atoms with Crippen LogP contribution in [0.15, 0.2) is 60.7 Å². The van der Waals surface area contributed by atoms with Crippen LogP contribution >= 0.6 is 27.7 Å². The Hall–Kier alpha value is -1.79. The molecule has 2 fully saturated rings. The monoisotopic (exact) mass is 445 g/mol. The highest BCUT2D eigenvalue weighted by Gasteiger charge is 2.75. The number of hydrogen-bond acceptors (Lipinski definition) is 3. The van der Waals surface area contributed by atoms with Gasteiger partial charge in [0.05, 0.1) is 0 Å². The number of halogens is 1. The lowest BCUT2D eigenvalue weighted by Gasteiger charge is -2.52. The molecule has 2 aromatic rings. The Morgan fingerprint density at radius 3 is 2.00 bits per heavy atom. The molecule has 6 heteroatoms. The van der Waals surface area contributed by atoms with Gasteiger partial charge in [0.1, 0.15) is 10.2 Å². The van der Waals surface area contributed by atoms with Crippen LogP contribution in [-0.2, 0) is 9.59 Å². The molecule has 140 valence electrons. The number of amides is 1. The second-order valence-electron chi connectivity index (χ2n) is 7.45. The molecule has 0 unspecified atom stereocenters. The molecule has 27 heavy (non-hydrogen) atoms. The van der Waals surface area contributed by atoms with Crippen molar-refractivity contribution in [3.05, 3.63) is 71.8 Å². The van der Waals surface area contributed by atoms with Gasteiger partial charge in [-0.05, 0) is 25.0 Å². The summed E-state index contributed by atoms with van der Waals surface area (Å²) in [6, 6.07) is 19.3. The predicted molar refractivity (Wildman–Crippen MR) is 110 cm³/mol. The Kier molecular flexibility index (Phi) is 4.39. The summed E-state index contributed by atoms with van der Waals surface area (Å²) >= 11 is 5.00. The van der Waals surface area contributed by atoms with Crippen molar-refractivity contribution in [3.63, 3.8) is 0 Å². The number of carboxylic acid groups (broad SMARTS) is 1. The standard InChI is InChI=1S/C21H20BrNO3S/c1-20(2)21(19(25)26,23-17(24)16(22)18(23)27-20)15(13-9-5-3-6-10-13)14-11-7-4-8-12-14/h3-12,15-16,18H,1-2H3,(H,25,26)/t16-,18+,21-/m0/s1. The van der Waals surface area contributed by atoms with Gasteiger partial charge in [-0.2, -0.15) is 0 Å². The first kappa shape index (κ1) is 18.6. The largest absolute Gasteiger partial charge is 0.479 e. The number of carbonyl (C=O) groups excluding carboxylic acids is 1. The van der Waals surface area contributed by atoms with E-state index in [2.05, 4.69) is 15.9 Å². The molecule has 0 saturated carbocycles. The number of aliphatic carboxylic acids is 1. The Bertz CT molecular complexity index is 849. The number of thioether (sulfide) groups is 1. The van der Waals surface area contributed by atoms with Crippen molar-refractivity contribution in [3.8, 4) is 0 Å². The number of rotatable bonds is 4. The van der Waals surface area contributed by atoms with Crippen molar-refractivity contribution in [1.82, 2.24) is 4.90 Å². The van der Waals surface area contributed by atoms with E-state index in [9.17, 15) is 14.7 Å². The number of alkyl halides is 1. The van der Waals surface area contributed by atoms with Crippen LogP contribution < -0.4 is 0 Å². The summed E-state index contributed by atoms with van der Waals surface area (Å²) < 4.78 is -0.683. The molecule has 2 saturated heterocycles. The lowest BCUT2D eigenvalue weighted by molar-refractivity contribution is -0.168. The summed E-state index contributed by atoms with van der Waals surface area (Å²) in [6.07, 6.45) is 0. The number of carbonyl (C=O) groups is 2. The average Bonchev–Trinajstić information content (AvgIpc) is 2.89. The topological polar surface area (TPSA) is 57.6 Å². The van der Waals surface area contributed by atoms with E-state index in [-0.39, 0.29) is 16.1 Å². The van der Waals surface area contributed by atoms with Gasteiger partial charge in [-0.3, -0.25) is 4.79 Å². The van der Waals surface area contributed by atoms with Crippen LogP contribution in [0.25, 0.3) is 0 Å². The SMILES string of the molecule is CC1(C)S[C@@H]2[C@@H](Br)C(=O)N2[C@]1(C(=O)O)C(c1ccccc1)c1ccccc1. The third kappa shape index (κ3) is 2.42. The number of benzene rings is 2. The fraction of sp³-hybridized carbons (Fsp3) is 0.333.